The summed E-state index contributed by atoms with van der Waals surface area (Å²) in [5.74, 6) is -0.318. The predicted octanol–water partition coefficient (Wildman–Crippen LogP) is 5.91. The van der Waals surface area contributed by atoms with Crippen molar-refractivity contribution in [3.05, 3.63) is 79.4 Å². The lowest BCUT2D eigenvalue weighted by atomic mass is 10.1. The number of imide groups is 2. The molecule has 0 spiro atoms. The first-order chi connectivity index (χ1) is 19.2. The van der Waals surface area contributed by atoms with Crippen molar-refractivity contribution >= 4 is 63.8 Å². The largest absolute Gasteiger partial charge is 0.495 e. The van der Waals surface area contributed by atoms with Gasteiger partial charge >= 0.3 is 6.03 Å². The van der Waals surface area contributed by atoms with Crippen LogP contribution in [0.15, 0.2) is 54.1 Å². The van der Waals surface area contributed by atoms with Crippen molar-refractivity contribution in [2.75, 3.05) is 25.7 Å². The van der Waals surface area contributed by atoms with Crippen molar-refractivity contribution in [1.29, 1.82) is 0 Å². The zero-order chi connectivity index (χ0) is 29.0. The van der Waals surface area contributed by atoms with Crippen LogP contribution in [0.25, 0.3) is 6.08 Å². The maximum Gasteiger partial charge on any atom is 0.336 e. The molecule has 0 aliphatic carbocycles. The Bertz CT molecular complexity index is 1520. The molecule has 4 rings (SSSR count). The monoisotopic (exact) mass is 676 g/mol. The van der Waals surface area contributed by atoms with Gasteiger partial charge in [0.25, 0.3) is 11.8 Å². The number of aryl methyl sites for hydroxylation is 1. The Labute approximate surface area is 250 Å². The number of amides is 4. The van der Waals surface area contributed by atoms with Gasteiger partial charge in [0, 0.05) is 12.1 Å². The van der Waals surface area contributed by atoms with E-state index in [2.05, 4.69) is 27.9 Å². The summed E-state index contributed by atoms with van der Waals surface area (Å²) >= 11 is 8.30. The summed E-state index contributed by atoms with van der Waals surface area (Å²) in [7, 11) is 2.77. The van der Waals surface area contributed by atoms with Crippen LogP contribution in [0.4, 0.5) is 10.5 Å². The van der Waals surface area contributed by atoms with Crippen molar-refractivity contribution < 1.29 is 33.3 Å². The fourth-order valence-electron chi connectivity index (χ4n) is 4.09. The number of anilines is 1. The molecule has 0 aromatic heterocycles. The van der Waals surface area contributed by atoms with Gasteiger partial charge in [0.05, 0.1) is 35.1 Å². The van der Waals surface area contributed by atoms with Crippen LogP contribution in [0, 0.1) is 10.5 Å². The van der Waals surface area contributed by atoms with E-state index >= 15 is 0 Å². The van der Waals surface area contributed by atoms with Gasteiger partial charge in [0.1, 0.15) is 23.7 Å². The van der Waals surface area contributed by atoms with Gasteiger partial charge in [-0.3, -0.25) is 14.9 Å². The average Bonchev–Trinajstić information content (AvgIpc) is 2.91. The highest BCUT2D eigenvalue weighted by Crippen LogP contribution is 2.40. The Morgan fingerprint density at radius 1 is 0.975 bits per heavy atom. The number of urea groups is 1. The van der Waals surface area contributed by atoms with E-state index in [1.165, 1.54) is 32.4 Å². The van der Waals surface area contributed by atoms with Crippen molar-refractivity contribution in [2.24, 2.45) is 0 Å². The SMILES string of the molecule is CCOc1cc(/C=C2\C(=O)NC(=O)N(c3cc(OC)c(Cl)cc3OC)C2=O)cc(I)c1OCc1cccc(C)c1. The Hall–Kier alpha value is -3.77. The van der Waals surface area contributed by atoms with Gasteiger partial charge in [-0.15, -0.1) is 0 Å². The van der Waals surface area contributed by atoms with E-state index in [9.17, 15) is 14.4 Å². The topological polar surface area (TPSA) is 103 Å². The van der Waals surface area contributed by atoms with Crippen molar-refractivity contribution in [1.82, 2.24) is 5.32 Å². The quantitative estimate of drug-likeness (QED) is 0.171. The van der Waals surface area contributed by atoms with Crippen LogP contribution in [-0.2, 0) is 16.2 Å². The van der Waals surface area contributed by atoms with Gasteiger partial charge in [0.15, 0.2) is 11.5 Å². The molecule has 1 heterocycles. The number of methoxy groups -OCH3 is 2. The number of halogens is 2. The lowest BCUT2D eigenvalue weighted by Crippen LogP contribution is -2.54. The van der Waals surface area contributed by atoms with Crippen LogP contribution in [0.5, 0.6) is 23.0 Å². The highest BCUT2D eigenvalue weighted by molar-refractivity contribution is 14.1. The van der Waals surface area contributed by atoms with Crippen molar-refractivity contribution in [3.8, 4) is 23.0 Å². The molecule has 1 saturated heterocycles. The number of barbiturate groups is 1. The number of rotatable bonds is 9. The summed E-state index contributed by atoms with van der Waals surface area (Å²) in [5, 5.41) is 2.44. The molecule has 0 radical (unpaired) electrons. The molecule has 11 heteroatoms. The molecule has 4 amide bonds. The average molecular weight is 677 g/mol. The van der Waals surface area contributed by atoms with Crippen LogP contribution in [-0.4, -0.2) is 38.7 Å². The zero-order valence-corrected chi connectivity index (χ0v) is 25.1. The number of hydrogen-bond donors (Lipinski definition) is 1. The molecule has 0 unspecified atom stereocenters. The molecule has 208 valence electrons. The summed E-state index contributed by atoms with van der Waals surface area (Å²) in [6.07, 6.45) is 1.39. The minimum absolute atomic E-state index is 0.0640. The van der Waals surface area contributed by atoms with Gasteiger partial charge in [-0.05, 0) is 65.8 Å². The number of carbonyl (C=O) groups excluding carboxylic acids is 3. The number of carbonyl (C=O) groups is 3. The van der Waals surface area contributed by atoms with Crippen LogP contribution >= 0.6 is 34.2 Å². The third-order valence-electron chi connectivity index (χ3n) is 5.90. The Morgan fingerprint density at radius 3 is 2.40 bits per heavy atom. The second-order valence-electron chi connectivity index (χ2n) is 8.66. The lowest BCUT2D eigenvalue weighted by Gasteiger charge is -2.28. The molecule has 40 heavy (non-hydrogen) atoms. The third kappa shape index (κ3) is 6.18. The van der Waals surface area contributed by atoms with E-state index in [1.54, 1.807) is 12.1 Å². The highest BCUT2D eigenvalue weighted by Gasteiger charge is 2.38. The molecule has 1 aliphatic rings. The van der Waals surface area contributed by atoms with E-state index in [0.717, 1.165) is 16.0 Å². The van der Waals surface area contributed by atoms with Crippen LogP contribution in [0.2, 0.25) is 5.02 Å². The molecule has 3 aromatic rings. The summed E-state index contributed by atoms with van der Waals surface area (Å²) in [4.78, 5) is 39.9. The van der Waals surface area contributed by atoms with Crippen LogP contribution in [0.1, 0.15) is 23.6 Å². The fraction of sp³-hybridized carbons (Fsp3) is 0.207. The highest BCUT2D eigenvalue weighted by atomic mass is 127. The number of benzene rings is 3. The maximum absolute atomic E-state index is 13.5. The molecule has 0 saturated carbocycles. The lowest BCUT2D eigenvalue weighted by molar-refractivity contribution is -0.122. The summed E-state index contributed by atoms with van der Waals surface area (Å²) < 4.78 is 23.2. The standard InChI is InChI=1S/C29H26ClIN2O7/c1-5-39-25-12-18(11-21(31)26(25)40-15-17-8-6-7-16(2)9-17)10-19-27(34)32-29(36)33(28(19)35)22-14-23(37-3)20(30)13-24(22)38-4/h6-14H,5,15H2,1-4H3,(H,32,34,36)/b19-10+. The van der Waals surface area contributed by atoms with E-state index in [4.69, 9.17) is 30.5 Å². The molecule has 9 nitrogen and oxygen atoms in total. The number of ether oxygens (including phenoxy) is 4. The number of hydrogen-bond acceptors (Lipinski definition) is 7. The van der Waals surface area contributed by atoms with E-state index < -0.39 is 17.8 Å². The third-order valence-corrected chi connectivity index (χ3v) is 7.00. The molecular weight excluding hydrogens is 651 g/mol. The first-order valence-corrected chi connectivity index (χ1v) is 13.6. The minimum Gasteiger partial charge on any atom is -0.495 e. The normalized spacial score (nSPS) is 14.3. The second-order valence-corrected chi connectivity index (χ2v) is 10.2. The van der Waals surface area contributed by atoms with Crippen molar-refractivity contribution in [2.45, 2.75) is 20.5 Å². The van der Waals surface area contributed by atoms with E-state index in [-0.39, 0.29) is 27.8 Å². The van der Waals surface area contributed by atoms with Gasteiger partial charge < -0.3 is 18.9 Å². The Morgan fingerprint density at radius 2 is 1.73 bits per heavy atom. The molecule has 1 fully saturated rings. The second kappa shape index (κ2) is 12.6. The van der Waals surface area contributed by atoms with Crippen molar-refractivity contribution in [3.63, 3.8) is 0 Å². The Kier molecular flexibility index (Phi) is 9.21. The molecule has 0 bridgehead atoms. The maximum atomic E-state index is 13.5. The summed E-state index contributed by atoms with van der Waals surface area (Å²) in [5.41, 5.74) is 2.44. The van der Waals surface area contributed by atoms with Gasteiger partial charge in [-0.25, -0.2) is 9.69 Å². The van der Waals surface area contributed by atoms with Gasteiger partial charge in [-0.1, -0.05) is 41.4 Å². The number of nitrogens with one attached hydrogen (secondary N) is 1. The van der Waals surface area contributed by atoms with Gasteiger partial charge in [-0.2, -0.15) is 0 Å². The van der Waals surface area contributed by atoms with E-state index in [0.29, 0.717) is 33.8 Å². The smallest absolute Gasteiger partial charge is 0.336 e. The van der Waals surface area contributed by atoms with Crippen LogP contribution in [0.3, 0.4) is 0 Å². The van der Waals surface area contributed by atoms with E-state index in [1.807, 2.05) is 38.1 Å². The van der Waals surface area contributed by atoms with Crippen LogP contribution < -0.4 is 29.2 Å². The predicted molar refractivity (Wildman–Crippen MR) is 159 cm³/mol. The van der Waals surface area contributed by atoms with Gasteiger partial charge in [0.2, 0.25) is 0 Å². The summed E-state index contributed by atoms with van der Waals surface area (Å²) in [6, 6.07) is 13.3. The Balaban J connectivity index is 1.71. The molecule has 0 atom stereocenters. The molecule has 1 aliphatic heterocycles. The fourth-order valence-corrected chi connectivity index (χ4v) is 5.11. The molecule has 1 N–H and O–H groups in total. The zero-order valence-electron chi connectivity index (χ0n) is 22.2. The minimum atomic E-state index is -0.931. The molecular formula is C29H26ClIN2O7. The summed E-state index contributed by atoms with van der Waals surface area (Å²) in [6.45, 7) is 4.56. The molecule has 3 aromatic carbocycles. The number of nitrogens with zero attached hydrogens (tertiary/aromatic N) is 1. The first-order valence-electron chi connectivity index (χ1n) is 12.1. The first kappa shape index (κ1) is 29.2.